The molecule has 0 bridgehead atoms. The highest BCUT2D eigenvalue weighted by Crippen LogP contribution is 2.27. The van der Waals surface area contributed by atoms with Crippen LogP contribution in [0.1, 0.15) is 22.5 Å². The Kier molecular flexibility index (Phi) is 4.99. The lowest BCUT2D eigenvalue weighted by Gasteiger charge is -2.08. The molecule has 2 aromatic heterocycles. The van der Waals surface area contributed by atoms with Gasteiger partial charge in [-0.3, -0.25) is 9.59 Å². The topological polar surface area (TPSA) is 77.1 Å². The van der Waals surface area contributed by atoms with Gasteiger partial charge in [0.2, 0.25) is 0 Å². The second kappa shape index (κ2) is 7.75. The van der Waals surface area contributed by atoms with Gasteiger partial charge in [-0.2, -0.15) is 5.10 Å². The molecule has 0 unspecified atom stereocenters. The molecule has 0 aliphatic carbocycles. The fourth-order valence-electron chi connectivity index (χ4n) is 3.70. The zero-order valence-corrected chi connectivity index (χ0v) is 16.1. The van der Waals surface area contributed by atoms with E-state index in [0.29, 0.717) is 13.0 Å². The first-order valence-electron chi connectivity index (χ1n) is 9.42. The van der Waals surface area contributed by atoms with E-state index in [1.54, 1.807) is 6.07 Å². The Morgan fingerprint density at radius 3 is 2.48 bits per heavy atom. The zero-order chi connectivity index (χ0) is 20.4. The first-order chi connectivity index (χ1) is 14.0. The minimum Gasteiger partial charge on any atom is -0.480 e. The van der Waals surface area contributed by atoms with Crippen LogP contribution in [0.2, 0.25) is 0 Å². The van der Waals surface area contributed by atoms with Gasteiger partial charge in [0, 0.05) is 29.1 Å². The molecule has 0 spiro atoms. The van der Waals surface area contributed by atoms with Crippen molar-refractivity contribution in [3.8, 4) is 0 Å². The summed E-state index contributed by atoms with van der Waals surface area (Å²) in [5.74, 6) is -0.880. The van der Waals surface area contributed by atoms with Crippen LogP contribution < -0.4 is 5.56 Å². The molecule has 0 aliphatic rings. The van der Waals surface area contributed by atoms with E-state index < -0.39 is 5.97 Å². The van der Waals surface area contributed by atoms with E-state index in [-0.39, 0.29) is 12.1 Å². The van der Waals surface area contributed by atoms with Gasteiger partial charge in [0.1, 0.15) is 6.54 Å². The summed E-state index contributed by atoms with van der Waals surface area (Å²) in [5.41, 5.74) is 4.44. The van der Waals surface area contributed by atoms with Crippen molar-refractivity contribution >= 4 is 16.9 Å². The lowest BCUT2D eigenvalue weighted by Crippen LogP contribution is -2.23. The normalized spacial score (nSPS) is 11.1. The smallest absolute Gasteiger partial charge is 0.323 e. The molecule has 2 heterocycles. The first kappa shape index (κ1) is 18.7. The van der Waals surface area contributed by atoms with Gasteiger partial charge in [0.25, 0.3) is 5.56 Å². The molecule has 0 saturated carbocycles. The Labute approximate surface area is 167 Å². The number of carbonyl (C=O) groups is 1. The van der Waals surface area contributed by atoms with E-state index >= 15 is 0 Å². The predicted octanol–water partition coefficient (Wildman–Crippen LogP) is 3.23. The summed E-state index contributed by atoms with van der Waals surface area (Å²) < 4.78 is 3.28. The van der Waals surface area contributed by atoms with Crippen LogP contribution in [0, 0.1) is 6.92 Å². The molecular weight excluding hydrogens is 366 g/mol. The van der Waals surface area contributed by atoms with Crippen molar-refractivity contribution < 1.29 is 9.90 Å². The van der Waals surface area contributed by atoms with Crippen molar-refractivity contribution in [1.29, 1.82) is 0 Å². The Morgan fingerprint density at radius 2 is 1.72 bits per heavy atom. The number of nitrogens with zero attached hydrogens (tertiary/aromatic N) is 3. The number of aromatic nitrogens is 3. The molecule has 6 heteroatoms. The summed E-state index contributed by atoms with van der Waals surface area (Å²) in [6, 6.07) is 20.8. The summed E-state index contributed by atoms with van der Waals surface area (Å²) in [6.07, 6.45) is 0.522. The summed E-state index contributed by atoms with van der Waals surface area (Å²) in [4.78, 5) is 23.6. The number of hydrogen-bond donors (Lipinski definition) is 1. The van der Waals surface area contributed by atoms with Gasteiger partial charge >= 0.3 is 5.97 Å². The predicted molar refractivity (Wildman–Crippen MR) is 111 cm³/mol. The molecule has 0 radical (unpaired) electrons. The summed E-state index contributed by atoms with van der Waals surface area (Å²) in [6.45, 7) is 2.25. The van der Waals surface area contributed by atoms with Crippen LogP contribution in [0.5, 0.6) is 0 Å². The molecule has 29 heavy (non-hydrogen) atoms. The SMILES string of the molecule is Cc1c(Cc2ccc(=O)n(Cc3ccccc3)n2)c2ccccc2n1CC(=O)O. The average Bonchev–Trinajstić information content (AvgIpc) is 2.97. The second-order valence-corrected chi connectivity index (χ2v) is 7.04. The molecule has 1 N–H and O–H groups in total. The van der Waals surface area contributed by atoms with E-state index in [1.165, 1.54) is 10.7 Å². The summed E-state index contributed by atoms with van der Waals surface area (Å²) in [7, 11) is 0. The zero-order valence-electron chi connectivity index (χ0n) is 16.1. The van der Waals surface area contributed by atoms with Gasteiger partial charge in [0.05, 0.1) is 12.2 Å². The third-order valence-corrected chi connectivity index (χ3v) is 5.11. The van der Waals surface area contributed by atoms with Gasteiger partial charge < -0.3 is 9.67 Å². The van der Waals surface area contributed by atoms with Gasteiger partial charge in [-0.05, 0) is 30.2 Å². The molecule has 6 nitrogen and oxygen atoms in total. The minimum atomic E-state index is -0.880. The van der Waals surface area contributed by atoms with Crippen LogP contribution in [-0.4, -0.2) is 25.4 Å². The highest BCUT2D eigenvalue weighted by atomic mass is 16.4. The van der Waals surface area contributed by atoms with Crippen LogP contribution in [0.4, 0.5) is 0 Å². The third kappa shape index (κ3) is 3.82. The molecule has 0 amide bonds. The van der Waals surface area contributed by atoms with Gasteiger partial charge in [-0.15, -0.1) is 0 Å². The highest BCUT2D eigenvalue weighted by molar-refractivity contribution is 5.87. The van der Waals surface area contributed by atoms with Crippen molar-refractivity contribution in [2.75, 3.05) is 0 Å². The van der Waals surface area contributed by atoms with E-state index in [2.05, 4.69) is 5.10 Å². The number of aliphatic carboxylic acids is 1. The van der Waals surface area contributed by atoms with Crippen molar-refractivity contribution in [3.63, 3.8) is 0 Å². The highest BCUT2D eigenvalue weighted by Gasteiger charge is 2.16. The lowest BCUT2D eigenvalue weighted by atomic mass is 10.1. The van der Waals surface area contributed by atoms with Crippen molar-refractivity contribution in [1.82, 2.24) is 14.3 Å². The maximum atomic E-state index is 12.3. The van der Waals surface area contributed by atoms with Crippen molar-refractivity contribution in [3.05, 3.63) is 99.6 Å². The van der Waals surface area contributed by atoms with E-state index in [9.17, 15) is 14.7 Å². The Bertz CT molecular complexity index is 1240. The molecule has 4 aromatic rings. The van der Waals surface area contributed by atoms with E-state index in [0.717, 1.165) is 33.4 Å². The Hall–Kier alpha value is -3.67. The quantitative estimate of drug-likeness (QED) is 0.551. The van der Waals surface area contributed by atoms with E-state index in [4.69, 9.17) is 0 Å². The maximum absolute atomic E-state index is 12.3. The first-order valence-corrected chi connectivity index (χ1v) is 9.42. The summed E-state index contributed by atoms with van der Waals surface area (Å²) in [5, 5.41) is 14.9. The number of hydrogen-bond acceptors (Lipinski definition) is 3. The number of rotatable bonds is 6. The second-order valence-electron chi connectivity index (χ2n) is 7.04. The van der Waals surface area contributed by atoms with Crippen LogP contribution in [0.15, 0.2) is 71.5 Å². The molecule has 2 aromatic carbocycles. The minimum absolute atomic E-state index is 0.0900. The fourth-order valence-corrected chi connectivity index (χ4v) is 3.70. The molecule has 4 rings (SSSR count). The molecular formula is C23H21N3O3. The molecule has 0 atom stereocenters. The fraction of sp³-hybridized carbons (Fsp3) is 0.174. The third-order valence-electron chi connectivity index (χ3n) is 5.11. The van der Waals surface area contributed by atoms with Crippen LogP contribution >= 0.6 is 0 Å². The average molecular weight is 387 g/mol. The molecule has 0 saturated heterocycles. The molecule has 0 aliphatic heterocycles. The van der Waals surface area contributed by atoms with Gasteiger partial charge in [0.15, 0.2) is 0 Å². The van der Waals surface area contributed by atoms with Crippen LogP contribution in [0.25, 0.3) is 10.9 Å². The monoisotopic (exact) mass is 387 g/mol. The largest absolute Gasteiger partial charge is 0.480 e. The number of carboxylic acids is 1. The molecule has 0 fully saturated rings. The maximum Gasteiger partial charge on any atom is 0.323 e. The van der Waals surface area contributed by atoms with Gasteiger partial charge in [-0.1, -0.05) is 48.5 Å². The van der Waals surface area contributed by atoms with Crippen LogP contribution in [-0.2, 0) is 24.3 Å². The van der Waals surface area contributed by atoms with Crippen molar-refractivity contribution in [2.24, 2.45) is 0 Å². The standard InChI is InChI=1S/C23H21N3O3/c1-16-20(19-9-5-6-10-21(19)25(16)15-23(28)29)13-18-11-12-22(27)26(24-18)14-17-7-3-2-4-8-17/h2-12H,13-15H2,1H3,(H,28,29). The molecule has 146 valence electrons. The Balaban J connectivity index is 1.72. The van der Waals surface area contributed by atoms with Crippen LogP contribution in [0.3, 0.4) is 0 Å². The van der Waals surface area contributed by atoms with Gasteiger partial charge in [-0.25, -0.2) is 4.68 Å². The number of para-hydroxylation sites is 1. The number of carboxylic acid groups (broad SMARTS) is 1. The lowest BCUT2D eigenvalue weighted by molar-refractivity contribution is -0.137. The van der Waals surface area contributed by atoms with E-state index in [1.807, 2.05) is 66.1 Å². The Morgan fingerprint density at radius 1 is 1.00 bits per heavy atom. The summed E-state index contributed by atoms with van der Waals surface area (Å²) >= 11 is 0. The number of fused-ring (bicyclic) bond motifs is 1. The van der Waals surface area contributed by atoms with Crippen molar-refractivity contribution in [2.45, 2.75) is 26.4 Å². The number of benzene rings is 2.